The fourth-order valence-electron chi connectivity index (χ4n) is 2.25. The molecule has 0 aromatic heterocycles. The Morgan fingerprint density at radius 1 is 1.29 bits per heavy atom. The molecule has 0 aliphatic carbocycles. The van der Waals surface area contributed by atoms with Gasteiger partial charge in [0, 0.05) is 13.2 Å². The van der Waals surface area contributed by atoms with Gasteiger partial charge < -0.3 is 9.64 Å². The topological polar surface area (TPSA) is 29.5 Å². The SMILES string of the molecule is CC.O=CN1CCCC1C1CCCO1. The summed E-state index contributed by atoms with van der Waals surface area (Å²) in [7, 11) is 0. The van der Waals surface area contributed by atoms with E-state index in [1.165, 1.54) is 0 Å². The first-order chi connectivity index (χ1) is 6.92. The van der Waals surface area contributed by atoms with Gasteiger partial charge in [-0.15, -0.1) is 0 Å². The van der Waals surface area contributed by atoms with Crippen LogP contribution in [0.5, 0.6) is 0 Å². The number of ether oxygens (including phenoxy) is 1. The highest BCUT2D eigenvalue weighted by Crippen LogP contribution is 2.26. The standard InChI is InChI=1S/C9H15NO2.C2H6/c11-7-10-5-1-3-8(10)9-4-2-6-12-9;1-2/h7-9H,1-6H2;1-2H3. The van der Waals surface area contributed by atoms with Gasteiger partial charge in [0.05, 0.1) is 12.1 Å². The fourth-order valence-corrected chi connectivity index (χ4v) is 2.25. The Balaban J connectivity index is 0.000000461. The highest BCUT2D eigenvalue weighted by Gasteiger charge is 2.33. The second-order valence-corrected chi connectivity index (χ2v) is 3.60. The number of carbonyl (C=O) groups is 1. The first kappa shape index (κ1) is 11.5. The Hall–Kier alpha value is -0.570. The summed E-state index contributed by atoms with van der Waals surface area (Å²) in [5.74, 6) is 0. The molecule has 0 bridgehead atoms. The van der Waals surface area contributed by atoms with Crippen LogP contribution in [0.15, 0.2) is 0 Å². The summed E-state index contributed by atoms with van der Waals surface area (Å²) in [6, 6.07) is 0.380. The lowest BCUT2D eigenvalue weighted by atomic mass is 10.1. The second-order valence-electron chi connectivity index (χ2n) is 3.60. The van der Waals surface area contributed by atoms with Gasteiger partial charge in [-0.05, 0) is 25.7 Å². The van der Waals surface area contributed by atoms with Crippen molar-refractivity contribution in [2.24, 2.45) is 0 Å². The van der Waals surface area contributed by atoms with Gasteiger partial charge in [-0.1, -0.05) is 13.8 Å². The third-order valence-corrected chi connectivity index (χ3v) is 2.87. The number of amides is 1. The van der Waals surface area contributed by atoms with Crippen LogP contribution in [0.4, 0.5) is 0 Å². The van der Waals surface area contributed by atoms with Crippen LogP contribution in [0.1, 0.15) is 39.5 Å². The summed E-state index contributed by atoms with van der Waals surface area (Å²) in [5, 5.41) is 0. The van der Waals surface area contributed by atoms with E-state index in [1.807, 2.05) is 18.7 Å². The van der Waals surface area contributed by atoms with Gasteiger partial charge in [0.25, 0.3) is 0 Å². The van der Waals surface area contributed by atoms with Crippen molar-refractivity contribution in [1.29, 1.82) is 0 Å². The normalized spacial score (nSPS) is 31.1. The first-order valence-corrected chi connectivity index (χ1v) is 5.74. The summed E-state index contributed by atoms with van der Waals surface area (Å²) in [6.45, 7) is 5.81. The van der Waals surface area contributed by atoms with Crippen LogP contribution < -0.4 is 0 Å². The Kier molecular flexibility index (Phi) is 4.94. The zero-order valence-corrected chi connectivity index (χ0v) is 9.24. The molecule has 2 unspecified atom stereocenters. The molecule has 14 heavy (non-hydrogen) atoms. The van der Waals surface area contributed by atoms with E-state index in [4.69, 9.17) is 4.74 Å². The zero-order chi connectivity index (χ0) is 10.4. The van der Waals surface area contributed by atoms with E-state index in [0.717, 1.165) is 45.2 Å². The van der Waals surface area contributed by atoms with Crippen molar-refractivity contribution in [2.75, 3.05) is 13.2 Å². The zero-order valence-electron chi connectivity index (χ0n) is 9.24. The van der Waals surface area contributed by atoms with Gasteiger partial charge in [0.2, 0.25) is 6.41 Å². The van der Waals surface area contributed by atoms with Gasteiger partial charge in [-0.2, -0.15) is 0 Å². The van der Waals surface area contributed by atoms with Crippen molar-refractivity contribution in [3.05, 3.63) is 0 Å². The van der Waals surface area contributed by atoms with Gasteiger partial charge in [0.15, 0.2) is 0 Å². The quantitative estimate of drug-likeness (QED) is 0.635. The van der Waals surface area contributed by atoms with Gasteiger partial charge >= 0.3 is 0 Å². The molecule has 3 heteroatoms. The lowest BCUT2D eigenvalue weighted by molar-refractivity contribution is -0.121. The molecule has 0 aromatic carbocycles. The number of hydrogen-bond acceptors (Lipinski definition) is 2. The van der Waals surface area contributed by atoms with E-state index in [2.05, 4.69) is 0 Å². The molecule has 0 spiro atoms. The van der Waals surface area contributed by atoms with E-state index in [-0.39, 0.29) is 0 Å². The Bertz CT molecular complexity index is 167. The predicted molar refractivity (Wildman–Crippen MR) is 56.1 cm³/mol. The van der Waals surface area contributed by atoms with Crippen LogP contribution >= 0.6 is 0 Å². The molecule has 2 heterocycles. The molecular formula is C11H21NO2. The van der Waals surface area contributed by atoms with Gasteiger partial charge in [-0.3, -0.25) is 4.79 Å². The monoisotopic (exact) mass is 199 g/mol. The number of hydrogen-bond donors (Lipinski definition) is 0. The molecule has 2 aliphatic heterocycles. The maximum atomic E-state index is 10.6. The molecule has 0 radical (unpaired) electrons. The molecule has 0 saturated carbocycles. The minimum absolute atomic E-state index is 0.331. The summed E-state index contributed by atoms with van der Waals surface area (Å²) in [4.78, 5) is 12.5. The molecule has 82 valence electrons. The first-order valence-electron chi connectivity index (χ1n) is 5.74. The maximum absolute atomic E-state index is 10.6. The maximum Gasteiger partial charge on any atom is 0.210 e. The minimum atomic E-state index is 0.331. The lowest BCUT2D eigenvalue weighted by Gasteiger charge is -2.24. The fraction of sp³-hybridized carbons (Fsp3) is 0.909. The molecule has 3 nitrogen and oxygen atoms in total. The lowest BCUT2D eigenvalue weighted by Crippen LogP contribution is -2.37. The van der Waals surface area contributed by atoms with Crippen molar-refractivity contribution >= 4 is 6.41 Å². The molecule has 2 atom stereocenters. The Morgan fingerprint density at radius 3 is 2.64 bits per heavy atom. The van der Waals surface area contributed by atoms with Crippen LogP contribution in [0.3, 0.4) is 0 Å². The summed E-state index contributed by atoms with van der Waals surface area (Å²) in [5.41, 5.74) is 0. The highest BCUT2D eigenvalue weighted by atomic mass is 16.5. The summed E-state index contributed by atoms with van der Waals surface area (Å²) >= 11 is 0. The van der Waals surface area contributed by atoms with E-state index in [0.29, 0.717) is 12.1 Å². The molecule has 0 aromatic rings. The third kappa shape index (κ3) is 2.47. The van der Waals surface area contributed by atoms with E-state index >= 15 is 0 Å². The molecule has 2 rings (SSSR count). The van der Waals surface area contributed by atoms with Crippen LogP contribution in [0, 0.1) is 0 Å². The van der Waals surface area contributed by atoms with Crippen LogP contribution in [-0.2, 0) is 9.53 Å². The number of rotatable bonds is 2. The Morgan fingerprint density at radius 2 is 2.07 bits per heavy atom. The van der Waals surface area contributed by atoms with Crippen molar-refractivity contribution < 1.29 is 9.53 Å². The summed E-state index contributed by atoms with van der Waals surface area (Å²) in [6.07, 6.45) is 5.87. The predicted octanol–water partition coefficient (Wildman–Crippen LogP) is 1.81. The number of likely N-dealkylation sites (tertiary alicyclic amines) is 1. The molecule has 2 saturated heterocycles. The van der Waals surface area contributed by atoms with E-state index in [1.54, 1.807) is 0 Å². The second kappa shape index (κ2) is 6.02. The van der Waals surface area contributed by atoms with Crippen molar-refractivity contribution in [3.63, 3.8) is 0 Å². The smallest absolute Gasteiger partial charge is 0.210 e. The molecular weight excluding hydrogens is 178 g/mol. The molecule has 2 aliphatic rings. The van der Waals surface area contributed by atoms with Gasteiger partial charge in [0.1, 0.15) is 0 Å². The molecule has 2 fully saturated rings. The largest absolute Gasteiger partial charge is 0.376 e. The molecule has 1 amide bonds. The number of carbonyl (C=O) groups excluding carboxylic acids is 1. The minimum Gasteiger partial charge on any atom is -0.376 e. The van der Waals surface area contributed by atoms with Crippen LogP contribution in [-0.4, -0.2) is 36.6 Å². The highest BCUT2D eigenvalue weighted by molar-refractivity contribution is 5.48. The van der Waals surface area contributed by atoms with Crippen molar-refractivity contribution in [1.82, 2.24) is 4.90 Å². The average Bonchev–Trinajstić information content (AvgIpc) is 2.91. The van der Waals surface area contributed by atoms with E-state index < -0.39 is 0 Å². The third-order valence-electron chi connectivity index (χ3n) is 2.87. The van der Waals surface area contributed by atoms with Crippen molar-refractivity contribution in [3.8, 4) is 0 Å². The summed E-state index contributed by atoms with van der Waals surface area (Å²) < 4.78 is 5.57. The van der Waals surface area contributed by atoms with Crippen LogP contribution in [0.25, 0.3) is 0 Å². The van der Waals surface area contributed by atoms with Crippen molar-refractivity contribution in [2.45, 2.75) is 51.7 Å². The average molecular weight is 199 g/mol. The molecule has 0 N–H and O–H groups in total. The van der Waals surface area contributed by atoms with E-state index in [9.17, 15) is 4.79 Å². The van der Waals surface area contributed by atoms with Crippen LogP contribution in [0.2, 0.25) is 0 Å². The number of nitrogens with zero attached hydrogens (tertiary/aromatic N) is 1. The van der Waals surface area contributed by atoms with Gasteiger partial charge in [-0.25, -0.2) is 0 Å². The Labute approximate surface area is 86.4 Å².